The number of nitrogens with zero attached hydrogens (tertiary/aromatic N) is 6. The SMILES string of the molecule is CCc1nc2cccc(C#Cc3cnn(C)c3)c2nc1-c1ccccc1.NC(=O)c1c(N)nn2ccccc12. The van der Waals surface area contributed by atoms with E-state index in [9.17, 15) is 4.79 Å². The number of aromatic nitrogens is 6. The number of hydrogen-bond donors (Lipinski definition) is 2. The standard InChI is InChI=1S/C22H18N4.C8H8N4O/c1-3-19-21(17-8-5-4-6-9-17)25-22-18(10-7-11-20(22)24-19)13-12-16-14-23-26(2)15-16;9-7-6(8(10)13)5-3-1-2-4-12(5)11-7/h4-11,14-15H,3H2,1-2H3;1-4H,(H2,9,11)(H2,10,13). The third-order valence-corrected chi connectivity index (χ3v) is 6.01. The van der Waals surface area contributed by atoms with Crippen molar-refractivity contribution in [2.75, 3.05) is 5.73 Å². The molecule has 4 aromatic heterocycles. The highest BCUT2D eigenvalue weighted by Crippen LogP contribution is 2.25. The number of amides is 1. The van der Waals surface area contributed by atoms with E-state index in [2.05, 4.69) is 41.1 Å². The molecule has 0 spiro atoms. The number of nitrogen functional groups attached to an aromatic ring is 1. The van der Waals surface area contributed by atoms with E-state index >= 15 is 0 Å². The van der Waals surface area contributed by atoms with Crippen LogP contribution in [0, 0.1) is 11.8 Å². The molecule has 4 heterocycles. The van der Waals surface area contributed by atoms with E-state index in [1.54, 1.807) is 35.3 Å². The van der Waals surface area contributed by atoms with Crippen molar-refractivity contribution < 1.29 is 4.79 Å². The first-order valence-electron chi connectivity index (χ1n) is 12.3. The first-order valence-corrected chi connectivity index (χ1v) is 12.3. The van der Waals surface area contributed by atoms with Gasteiger partial charge in [-0.05, 0) is 30.7 Å². The molecule has 4 N–H and O–H groups in total. The number of para-hydroxylation sites is 1. The van der Waals surface area contributed by atoms with Gasteiger partial charge in [0.1, 0.15) is 11.1 Å². The Morgan fingerprint density at radius 3 is 2.49 bits per heavy atom. The molecule has 0 bridgehead atoms. The lowest BCUT2D eigenvalue weighted by Gasteiger charge is -2.09. The van der Waals surface area contributed by atoms with E-state index in [1.807, 2.05) is 49.6 Å². The molecule has 0 aliphatic carbocycles. The zero-order valence-electron chi connectivity index (χ0n) is 21.5. The average Bonchev–Trinajstić information content (AvgIpc) is 3.53. The van der Waals surface area contributed by atoms with Gasteiger partial charge in [0.2, 0.25) is 0 Å². The Hall–Kier alpha value is -5.49. The van der Waals surface area contributed by atoms with Crippen LogP contribution in [-0.2, 0) is 13.5 Å². The number of aryl methyl sites for hydroxylation is 2. The summed E-state index contributed by atoms with van der Waals surface area (Å²) in [6, 6.07) is 21.5. The number of fused-ring (bicyclic) bond motifs is 2. The maximum absolute atomic E-state index is 11.0. The fraction of sp³-hybridized carbons (Fsp3) is 0.100. The molecule has 6 aromatic rings. The van der Waals surface area contributed by atoms with Crippen LogP contribution in [0.3, 0.4) is 0 Å². The number of carbonyl (C=O) groups is 1. The fourth-order valence-corrected chi connectivity index (χ4v) is 4.18. The fourth-order valence-electron chi connectivity index (χ4n) is 4.18. The minimum Gasteiger partial charge on any atom is -0.382 e. The van der Waals surface area contributed by atoms with Crippen molar-refractivity contribution in [3.8, 4) is 23.1 Å². The molecule has 0 saturated carbocycles. The van der Waals surface area contributed by atoms with Crippen LogP contribution in [0.15, 0.2) is 85.3 Å². The lowest BCUT2D eigenvalue weighted by Crippen LogP contribution is -2.12. The summed E-state index contributed by atoms with van der Waals surface area (Å²) in [6.45, 7) is 2.11. The number of primary amides is 1. The predicted molar refractivity (Wildman–Crippen MR) is 152 cm³/mol. The maximum Gasteiger partial charge on any atom is 0.254 e. The largest absolute Gasteiger partial charge is 0.382 e. The van der Waals surface area contributed by atoms with E-state index < -0.39 is 5.91 Å². The van der Waals surface area contributed by atoms with Gasteiger partial charge in [-0.1, -0.05) is 61.2 Å². The number of benzene rings is 2. The monoisotopic (exact) mass is 514 g/mol. The molecule has 0 radical (unpaired) electrons. The molecule has 0 atom stereocenters. The number of rotatable bonds is 3. The van der Waals surface area contributed by atoms with Crippen molar-refractivity contribution in [3.05, 3.63) is 108 Å². The molecule has 0 fully saturated rings. The molecule has 9 nitrogen and oxygen atoms in total. The minimum atomic E-state index is -0.557. The van der Waals surface area contributed by atoms with Gasteiger partial charge in [-0.3, -0.25) is 9.48 Å². The van der Waals surface area contributed by atoms with Gasteiger partial charge in [-0.2, -0.15) is 5.10 Å². The van der Waals surface area contributed by atoms with Gasteiger partial charge in [0, 0.05) is 25.0 Å². The van der Waals surface area contributed by atoms with Crippen LogP contribution in [0.25, 0.3) is 27.8 Å². The molecule has 2 aromatic carbocycles. The van der Waals surface area contributed by atoms with Crippen LogP contribution in [0.2, 0.25) is 0 Å². The van der Waals surface area contributed by atoms with Gasteiger partial charge in [-0.15, -0.1) is 5.10 Å². The smallest absolute Gasteiger partial charge is 0.254 e. The van der Waals surface area contributed by atoms with Crippen molar-refractivity contribution in [2.45, 2.75) is 13.3 Å². The Morgan fingerprint density at radius 2 is 1.77 bits per heavy atom. The van der Waals surface area contributed by atoms with E-state index in [1.165, 1.54) is 4.52 Å². The first-order chi connectivity index (χ1) is 18.9. The van der Waals surface area contributed by atoms with E-state index in [0.717, 1.165) is 45.5 Å². The third-order valence-electron chi connectivity index (χ3n) is 6.01. The first kappa shape index (κ1) is 25.2. The van der Waals surface area contributed by atoms with Crippen LogP contribution in [0.4, 0.5) is 5.82 Å². The van der Waals surface area contributed by atoms with Crippen molar-refractivity contribution in [1.29, 1.82) is 0 Å². The number of hydrogen-bond acceptors (Lipinski definition) is 6. The molecule has 0 aliphatic rings. The summed E-state index contributed by atoms with van der Waals surface area (Å²) >= 11 is 0. The predicted octanol–water partition coefficient (Wildman–Crippen LogP) is 4.01. The number of anilines is 1. The van der Waals surface area contributed by atoms with Crippen LogP contribution in [-0.4, -0.2) is 35.3 Å². The quantitative estimate of drug-likeness (QED) is 0.343. The Morgan fingerprint density at radius 1 is 0.974 bits per heavy atom. The van der Waals surface area contributed by atoms with E-state index in [4.69, 9.17) is 21.4 Å². The zero-order chi connectivity index (χ0) is 27.4. The van der Waals surface area contributed by atoms with Crippen molar-refractivity contribution in [1.82, 2.24) is 29.4 Å². The topological polar surface area (TPSA) is 130 Å². The Balaban J connectivity index is 0.000000198. The van der Waals surface area contributed by atoms with Gasteiger partial charge in [0.25, 0.3) is 5.91 Å². The van der Waals surface area contributed by atoms with Gasteiger partial charge in [0.15, 0.2) is 5.82 Å². The molecule has 0 unspecified atom stereocenters. The molecule has 0 aliphatic heterocycles. The highest BCUT2D eigenvalue weighted by Gasteiger charge is 2.14. The second-order valence-electron chi connectivity index (χ2n) is 8.72. The van der Waals surface area contributed by atoms with Crippen LogP contribution in [0.5, 0.6) is 0 Å². The number of carbonyl (C=O) groups excluding carboxylic acids is 1. The van der Waals surface area contributed by atoms with Crippen molar-refractivity contribution in [2.24, 2.45) is 12.8 Å². The minimum absolute atomic E-state index is 0.165. The lowest BCUT2D eigenvalue weighted by molar-refractivity contribution is 0.100. The summed E-state index contributed by atoms with van der Waals surface area (Å²) in [7, 11) is 1.88. The molecule has 9 heteroatoms. The van der Waals surface area contributed by atoms with E-state index in [-0.39, 0.29) is 11.4 Å². The molecule has 39 heavy (non-hydrogen) atoms. The number of pyridine rings is 1. The van der Waals surface area contributed by atoms with Crippen LogP contribution in [0.1, 0.15) is 34.1 Å². The van der Waals surface area contributed by atoms with Gasteiger partial charge in [0.05, 0.1) is 39.7 Å². The Labute approximate surface area is 225 Å². The van der Waals surface area contributed by atoms with Crippen molar-refractivity contribution >= 4 is 28.3 Å². The molecule has 1 amide bonds. The zero-order valence-corrected chi connectivity index (χ0v) is 21.5. The maximum atomic E-state index is 11.0. The number of nitrogens with two attached hydrogens (primary N) is 2. The molecule has 0 saturated heterocycles. The van der Waals surface area contributed by atoms with Crippen LogP contribution < -0.4 is 11.5 Å². The summed E-state index contributed by atoms with van der Waals surface area (Å²) in [5.41, 5.74) is 18.1. The second-order valence-corrected chi connectivity index (χ2v) is 8.72. The second kappa shape index (κ2) is 10.9. The molecular formula is C30H26N8O. The Kier molecular flexibility index (Phi) is 7.01. The lowest BCUT2D eigenvalue weighted by atomic mass is 10.1. The van der Waals surface area contributed by atoms with Gasteiger partial charge < -0.3 is 11.5 Å². The van der Waals surface area contributed by atoms with Gasteiger partial charge >= 0.3 is 0 Å². The van der Waals surface area contributed by atoms with Crippen LogP contribution >= 0.6 is 0 Å². The normalized spacial score (nSPS) is 10.5. The summed E-state index contributed by atoms with van der Waals surface area (Å²) in [5.74, 6) is 6.00. The molecule has 6 rings (SSSR count). The Bertz CT molecular complexity index is 1860. The summed E-state index contributed by atoms with van der Waals surface area (Å²) in [5, 5.41) is 8.08. The summed E-state index contributed by atoms with van der Waals surface area (Å²) in [6.07, 6.45) is 6.19. The van der Waals surface area contributed by atoms with Gasteiger partial charge in [-0.25, -0.2) is 14.5 Å². The molecular weight excluding hydrogens is 488 g/mol. The molecule has 192 valence electrons. The van der Waals surface area contributed by atoms with E-state index in [0.29, 0.717) is 5.52 Å². The van der Waals surface area contributed by atoms with Crippen molar-refractivity contribution in [3.63, 3.8) is 0 Å². The third kappa shape index (κ3) is 5.31. The highest BCUT2D eigenvalue weighted by atomic mass is 16.1. The summed E-state index contributed by atoms with van der Waals surface area (Å²) < 4.78 is 3.27. The summed E-state index contributed by atoms with van der Waals surface area (Å²) in [4.78, 5) is 20.8. The highest BCUT2D eigenvalue weighted by molar-refractivity contribution is 6.04. The average molecular weight is 515 g/mol.